The Labute approximate surface area is 118 Å². The van der Waals surface area contributed by atoms with E-state index in [1.54, 1.807) is 18.0 Å². The van der Waals surface area contributed by atoms with Gasteiger partial charge in [0.05, 0.1) is 19.3 Å². The number of rotatable bonds is 5. The number of methoxy groups -OCH3 is 1. The molecule has 5 nitrogen and oxygen atoms in total. The Morgan fingerprint density at radius 3 is 2.85 bits per heavy atom. The van der Waals surface area contributed by atoms with E-state index in [2.05, 4.69) is 10.4 Å². The van der Waals surface area contributed by atoms with Crippen LogP contribution in [-0.2, 0) is 11.3 Å². The fraction of sp³-hybridized carbons (Fsp3) is 0.333. The number of benzene rings is 1. The van der Waals surface area contributed by atoms with Crippen molar-refractivity contribution in [3.05, 3.63) is 47.8 Å². The molecule has 1 amide bonds. The quantitative estimate of drug-likeness (QED) is 0.907. The Morgan fingerprint density at radius 2 is 2.20 bits per heavy atom. The van der Waals surface area contributed by atoms with E-state index in [-0.39, 0.29) is 18.5 Å². The van der Waals surface area contributed by atoms with E-state index in [4.69, 9.17) is 4.74 Å². The molecule has 1 N–H and O–H groups in total. The molecule has 0 aliphatic heterocycles. The van der Waals surface area contributed by atoms with Crippen molar-refractivity contribution < 1.29 is 9.53 Å². The van der Waals surface area contributed by atoms with E-state index in [1.165, 1.54) is 0 Å². The van der Waals surface area contributed by atoms with Crippen molar-refractivity contribution in [3.8, 4) is 5.75 Å². The Hall–Kier alpha value is -2.30. The molecule has 1 heterocycles. The average Bonchev–Trinajstić information content (AvgIpc) is 2.83. The second-order valence-electron chi connectivity index (χ2n) is 4.75. The number of ether oxygens (including phenoxy) is 1. The first-order valence-corrected chi connectivity index (χ1v) is 6.51. The number of aromatic nitrogens is 2. The summed E-state index contributed by atoms with van der Waals surface area (Å²) in [4.78, 5) is 12.0. The first-order chi connectivity index (χ1) is 9.60. The van der Waals surface area contributed by atoms with Gasteiger partial charge in [0.15, 0.2) is 0 Å². The van der Waals surface area contributed by atoms with Crippen LogP contribution in [0.25, 0.3) is 0 Å². The molecule has 0 bridgehead atoms. The molecule has 1 aromatic heterocycles. The Bertz CT molecular complexity index is 592. The van der Waals surface area contributed by atoms with Gasteiger partial charge in [-0.05, 0) is 25.5 Å². The maximum Gasteiger partial charge on any atom is 0.242 e. The van der Waals surface area contributed by atoms with Crippen LogP contribution in [0.2, 0.25) is 0 Å². The van der Waals surface area contributed by atoms with Crippen molar-refractivity contribution in [3.63, 3.8) is 0 Å². The van der Waals surface area contributed by atoms with Crippen LogP contribution in [-0.4, -0.2) is 22.8 Å². The molecule has 0 saturated heterocycles. The topological polar surface area (TPSA) is 56.1 Å². The number of aryl methyl sites for hydroxylation is 1. The van der Waals surface area contributed by atoms with Crippen LogP contribution in [0.15, 0.2) is 36.7 Å². The number of carbonyl (C=O) groups is 1. The lowest BCUT2D eigenvalue weighted by molar-refractivity contribution is -0.122. The van der Waals surface area contributed by atoms with E-state index >= 15 is 0 Å². The third-order valence-corrected chi connectivity index (χ3v) is 3.05. The van der Waals surface area contributed by atoms with Gasteiger partial charge < -0.3 is 10.1 Å². The zero-order chi connectivity index (χ0) is 14.5. The van der Waals surface area contributed by atoms with Crippen molar-refractivity contribution in [2.75, 3.05) is 7.11 Å². The number of nitrogens with zero attached hydrogens (tertiary/aromatic N) is 2. The summed E-state index contributed by atoms with van der Waals surface area (Å²) in [5.41, 5.74) is 2.00. The van der Waals surface area contributed by atoms with E-state index in [1.807, 2.05) is 44.3 Å². The minimum absolute atomic E-state index is 0.0773. The monoisotopic (exact) mass is 273 g/mol. The summed E-state index contributed by atoms with van der Waals surface area (Å²) in [6.07, 6.45) is 3.57. The standard InChI is InChI=1S/C15H19N3O2/c1-11-8-16-18(9-11)10-15(19)17-12(2)13-6-4-5-7-14(13)20-3/h4-9,12H,10H2,1-3H3,(H,17,19). The van der Waals surface area contributed by atoms with Gasteiger partial charge in [-0.2, -0.15) is 5.10 Å². The molecule has 0 aliphatic rings. The van der Waals surface area contributed by atoms with Crippen LogP contribution in [0.4, 0.5) is 0 Å². The van der Waals surface area contributed by atoms with Crippen LogP contribution >= 0.6 is 0 Å². The van der Waals surface area contributed by atoms with Crippen LogP contribution in [0.5, 0.6) is 5.75 Å². The summed E-state index contributed by atoms with van der Waals surface area (Å²) in [6, 6.07) is 7.55. The van der Waals surface area contributed by atoms with E-state index < -0.39 is 0 Å². The highest BCUT2D eigenvalue weighted by atomic mass is 16.5. The number of amides is 1. The van der Waals surface area contributed by atoms with Crippen LogP contribution < -0.4 is 10.1 Å². The first kappa shape index (κ1) is 14.1. The highest BCUT2D eigenvalue weighted by Crippen LogP contribution is 2.24. The molecule has 2 rings (SSSR count). The van der Waals surface area contributed by atoms with Crippen LogP contribution in [0.3, 0.4) is 0 Å². The predicted molar refractivity (Wildman–Crippen MR) is 76.5 cm³/mol. The predicted octanol–water partition coefficient (Wildman–Crippen LogP) is 2.08. The van der Waals surface area contributed by atoms with Gasteiger partial charge in [-0.1, -0.05) is 18.2 Å². The molecule has 1 atom stereocenters. The van der Waals surface area contributed by atoms with Gasteiger partial charge in [0.25, 0.3) is 0 Å². The molecule has 0 fully saturated rings. The number of para-hydroxylation sites is 1. The third kappa shape index (κ3) is 3.38. The lowest BCUT2D eigenvalue weighted by atomic mass is 10.1. The third-order valence-electron chi connectivity index (χ3n) is 3.05. The summed E-state index contributed by atoms with van der Waals surface area (Å²) in [6.45, 7) is 4.09. The minimum atomic E-state index is -0.115. The van der Waals surface area contributed by atoms with Crippen molar-refractivity contribution in [2.45, 2.75) is 26.4 Å². The second kappa shape index (κ2) is 6.23. The van der Waals surface area contributed by atoms with Gasteiger partial charge in [-0.3, -0.25) is 9.48 Å². The molecule has 20 heavy (non-hydrogen) atoms. The SMILES string of the molecule is COc1ccccc1C(C)NC(=O)Cn1cc(C)cn1. The maximum atomic E-state index is 12.0. The van der Waals surface area contributed by atoms with E-state index in [0.717, 1.165) is 16.9 Å². The smallest absolute Gasteiger partial charge is 0.242 e. The number of carbonyl (C=O) groups excluding carboxylic acids is 1. The number of hydrogen-bond acceptors (Lipinski definition) is 3. The molecule has 1 aromatic carbocycles. The van der Waals surface area contributed by atoms with Crippen molar-refractivity contribution in [1.82, 2.24) is 15.1 Å². The fourth-order valence-electron chi connectivity index (χ4n) is 2.09. The van der Waals surface area contributed by atoms with Crippen LogP contribution in [0, 0.1) is 6.92 Å². The lowest BCUT2D eigenvalue weighted by Crippen LogP contribution is -2.30. The molecule has 0 spiro atoms. The highest BCUT2D eigenvalue weighted by Gasteiger charge is 2.13. The molecule has 106 valence electrons. The van der Waals surface area contributed by atoms with Gasteiger partial charge in [0, 0.05) is 11.8 Å². The Morgan fingerprint density at radius 1 is 1.45 bits per heavy atom. The Balaban J connectivity index is 2.00. The lowest BCUT2D eigenvalue weighted by Gasteiger charge is -2.17. The van der Waals surface area contributed by atoms with Crippen LogP contribution in [0.1, 0.15) is 24.1 Å². The first-order valence-electron chi connectivity index (χ1n) is 6.51. The number of hydrogen-bond donors (Lipinski definition) is 1. The second-order valence-corrected chi connectivity index (χ2v) is 4.75. The van der Waals surface area contributed by atoms with Gasteiger partial charge in [-0.15, -0.1) is 0 Å². The summed E-state index contributed by atoms with van der Waals surface area (Å²) >= 11 is 0. The molecular weight excluding hydrogens is 254 g/mol. The van der Waals surface area contributed by atoms with Gasteiger partial charge in [0.1, 0.15) is 12.3 Å². The zero-order valence-corrected chi connectivity index (χ0v) is 12.0. The summed E-state index contributed by atoms with van der Waals surface area (Å²) < 4.78 is 6.93. The molecule has 0 aliphatic carbocycles. The fourth-order valence-corrected chi connectivity index (χ4v) is 2.09. The van der Waals surface area contributed by atoms with E-state index in [0.29, 0.717) is 0 Å². The summed E-state index contributed by atoms with van der Waals surface area (Å²) in [5.74, 6) is 0.696. The molecule has 0 saturated carbocycles. The van der Waals surface area contributed by atoms with Gasteiger partial charge in [0.2, 0.25) is 5.91 Å². The highest BCUT2D eigenvalue weighted by molar-refractivity contribution is 5.76. The largest absolute Gasteiger partial charge is 0.496 e. The minimum Gasteiger partial charge on any atom is -0.496 e. The van der Waals surface area contributed by atoms with Gasteiger partial charge in [-0.25, -0.2) is 0 Å². The molecule has 0 radical (unpaired) electrons. The Kier molecular flexibility index (Phi) is 4.40. The summed E-state index contributed by atoms with van der Waals surface area (Å²) in [7, 11) is 1.62. The summed E-state index contributed by atoms with van der Waals surface area (Å²) in [5, 5.41) is 7.05. The normalized spacial score (nSPS) is 11.9. The van der Waals surface area contributed by atoms with Crippen molar-refractivity contribution in [2.24, 2.45) is 0 Å². The maximum absolute atomic E-state index is 12.0. The molecular formula is C15H19N3O2. The average molecular weight is 273 g/mol. The van der Waals surface area contributed by atoms with Crippen molar-refractivity contribution >= 4 is 5.91 Å². The van der Waals surface area contributed by atoms with Gasteiger partial charge >= 0.3 is 0 Å². The molecule has 2 aromatic rings. The zero-order valence-electron chi connectivity index (χ0n) is 12.0. The van der Waals surface area contributed by atoms with Crippen molar-refractivity contribution in [1.29, 1.82) is 0 Å². The molecule has 5 heteroatoms. The molecule has 1 unspecified atom stereocenters. The van der Waals surface area contributed by atoms with E-state index in [9.17, 15) is 4.79 Å². The number of nitrogens with one attached hydrogen (secondary N) is 1.